The zero-order chi connectivity index (χ0) is 12.9. The molecular formula is C12H12ClN3OS. The molecule has 2 heterocycles. The summed E-state index contributed by atoms with van der Waals surface area (Å²) in [6.07, 6.45) is 0.781. The summed E-state index contributed by atoms with van der Waals surface area (Å²) in [7, 11) is 1.81. The zero-order valence-electron chi connectivity index (χ0n) is 9.81. The molecule has 6 heteroatoms. The van der Waals surface area contributed by atoms with Crippen LogP contribution in [0.4, 0.5) is 0 Å². The number of amides is 1. The van der Waals surface area contributed by atoms with E-state index < -0.39 is 0 Å². The zero-order valence-corrected chi connectivity index (χ0v) is 11.4. The average molecular weight is 282 g/mol. The number of hydrogen-bond donors (Lipinski definition) is 1. The standard InChI is InChI=1S/C12H12ClN3OS/c1-15-5-4-9(11(15)17)16-10-6-7(13)2-3-8(10)14-12(16)18/h2-3,6,9H,4-5H2,1H3,(H,14,18). The molecule has 2 aromatic rings. The highest BCUT2D eigenvalue weighted by molar-refractivity contribution is 7.71. The lowest BCUT2D eigenvalue weighted by Gasteiger charge is -2.12. The summed E-state index contributed by atoms with van der Waals surface area (Å²) in [6, 6.07) is 5.32. The number of nitrogens with zero attached hydrogens (tertiary/aromatic N) is 2. The molecule has 0 spiro atoms. The molecule has 1 N–H and O–H groups in total. The maximum Gasteiger partial charge on any atom is 0.245 e. The van der Waals surface area contributed by atoms with E-state index in [0.717, 1.165) is 24.0 Å². The van der Waals surface area contributed by atoms with Gasteiger partial charge in [0.1, 0.15) is 6.04 Å². The predicted octanol–water partition coefficient (Wildman–Crippen LogP) is 2.76. The van der Waals surface area contributed by atoms with Gasteiger partial charge in [0.2, 0.25) is 5.91 Å². The van der Waals surface area contributed by atoms with Gasteiger partial charge >= 0.3 is 0 Å². The van der Waals surface area contributed by atoms with Gasteiger partial charge in [-0.1, -0.05) is 11.6 Å². The monoisotopic (exact) mass is 281 g/mol. The summed E-state index contributed by atoms with van der Waals surface area (Å²) in [5.41, 5.74) is 1.80. The quantitative estimate of drug-likeness (QED) is 0.817. The molecule has 1 unspecified atom stereocenters. The number of benzene rings is 1. The van der Waals surface area contributed by atoms with Crippen LogP contribution in [0.5, 0.6) is 0 Å². The molecule has 0 radical (unpaired) electrons. The number of likely N-dealkylation sites (N-methyl/N-ethyl adjacent to an activating group) is 1. The highest BCUT2D eigenvalue weighted by Crippen LogP contribution is 2.28. The molecule has 1 aromatic carbocycles. The predicted molar refractivity (Wildman–Crippen MR) is 73.4 cm³/mol. The number of nitrogens with one attached hydrogen (secondary N) is 1. The Hall–Kier alpha value is -1.33. The van der Waals surface area contributed by atoms with E-state index in [1.54, 1.807) is 4.90 Å². The molecule has 0 saturated carbocycles. The number of imidazole rings is 1. The normalized spacial score (nSPS) is 20.0. The third-order valence-electron chi connectivity index (χ3n) is 3.39. The fourth-order valence-corrected chi connectivity index (χ4v) is 2.95. The summed E-state index contributed by atoms with van der Waals surface area (Å²) in [5.74, 6) is 0.104. The van der Waals surface area contributed by atoms with E-state index in [4.69, 9.17) is 23.8 Å². The first-order valence-electron chi connectivity index (χ1n) is 5.72. The van der Waals surface area contributed by atoms with Crippen molar-refractivity contribution in [1.29, 1.82) is 0 Å². The average Bonchev–Trinajstić information content (AvgIpc) is 2.81. The molecule has 1 amide bonds. The van der Waals surface area contributed by atoms with Crippen molar-refractivity contribution >= 4 is 40.8 Å². The fourth-order valence-electron chi connectivity index (χ4n) is 2.45. The van der Waals surface area contributed by atoms with E-state index in [9.17, 15) is 4.79 Å². The van der Waals surface area contributed by atoms with E-state index in [-0.39, 0.29) is 11.9 Å². The second-order valence-corrected chi connectivity index (χ2v) is 5.35. The molecule has 4 nitrogen and oxygen atoms in total. The van der Waals surface area contributed by atoms with Gasteiger partial charge in [-0.05, 0) is 36.8 Å². The Morgan fingerprint density at radius 1 is 1.50 bits per heavy atom. The SMILES string of the molecule is CN1CCC(n2c(=S)[nH]c3ccc(Cl)cc32)C1=O. The number of aromatic nitrogens is 2. The van der Waals surface area contributed by atoms with Crippen LogP contribution in [0.3, 0.4) is 0 Å². The van der Waals surface area contributed by atoms with E-state index in [2.05, 4.69) is 4.98 Å². The molecule has 3 rings (SSSR count). The Morgan fingerprint density at radius 2 is 2.28 bits per heavy atom. The van der Waals surface area contributed by atoms with Crippen molar-refractivity contribution in [3.63, 3.8) is 0 Å². The summed E-state index contributed by atoms with van der Waals surface area (Å²) in [6.45, 7) is 0.762. The number of carbonyl (C=O) groups is 1. The Kier molecular flexibility index (Phi) is 2.68. The smallest absolute Gasteiger partial charge is 0.245 e. The van der Waals surface area contributed by atoms with Gasteiger partial charge in [0.25, 0.3) is 0 Å². The van der Waals surface area contributed by atoms with Crippen molar-refractivity contribution in [2.24, 2.45) is 0 Å². The molecule has 18 heavy (non-hydrogen) atoms. The van der Waals surface area contributed by atoms with Crippen molar-refractivity contribution in [2.45, 2.75) is 12.5 Å². The maximum atomic E-state index is 12.1. The lowest BCUT2D eigenvalue weighted by molar-refractivity contribution is -0.129. The molecule has 1 aromatic heterocycles. The van der Waals surface area contributed by atoms with Crippen molar-refractivity contribution < 1.29 is 4.79 Å². The molecule has 0 aliphatic carbocycles. The minimum atomic E-state index is -0.213. The Morgan fingerprint density at radius 3 is 2.94 bits per heavy atom. The van der Waals surface area contributed by atoms with E-state index >= 15 is 0 Å². The van der Waals surface area contributed by atoms with E-state index in [1.165, 1.54) is 0 Å². The molecular weight excluding hydrogens is 270 g/mol. The van der Waals surface area contributed by atoms with Crippen molar-refractivity contribution in [3.05, 3.63) is 28.0 Å². The van der Waals surface area contributed by atoms with Crippen LogP contribution in [-0.4, -0.2) is 34.0 Å². The van der Waals surface area contributed by atoms with Gasteiger partial charge in [-0.3, -0.25) is 4.79 Å². The van der Waals surface area contributed by atoms with Crippen LogP contribution in [-0.2, 0) is 4.79 Å². The molecule has 1 atom stereocenters. The van der Waals surface area contributed by atoms with Gasteiger partial charge in [-0.25, -0.2) is 0 Å². The largest absolute Gasteiger partial charge is 0.344 e. The molecule has 1 aliphatic rings. The van der Waals surface area contributed by atoms with E-state index in [1.807, 2.05) is 29.8 Å². The van der Waals surface area contributed by atoms with Crippen LogP contribution >= 0.6 is 23.8 Å². The summed E-state index contributed by atoms with van der Waals surface area (Å²) in [4.78, 5) is 16.9. The first-order chi connectivity index (χ1) is 8.58. The number of fused-ring (bicyclic) bond motifs is 1. The third-order valence-corrected chi connectivity index (χ3v) is 3.92. The molecule has 94 valence electrons. The van der Waals surface area contributed by atoms with Gasteiger partial charge in [0, 0.05) is 18.6 Å². The molecule has 1 saturated heterocycles. The number of H-pyrrole nitrogens is 1. The number of hydrogen-bond acceptors (Lipinski definition) is 2. The summed E-state index contributed by atoms with van der Waals surface area (Å²) in [5, 5.41) is 0.643. The topological polar surface area (TPSA) is 41.0 Å². The number of carbonyl (C=O) groups excluding carboxylic acids is 1. The number of rotatable bonds is 1. The Labute approximate surface area is 114 Å². The minimum absolute atomic E-state index is 0.104. The van der Waals surface area contributed by atoms with Crippen LogP contribution < -0.4 is 0 Å². The van der Waals surface area contributed by atoms with Gasteiger partial charge < -0.3 is 14.5 Å². The van der Waals surface area contributed by atoms with E-state index in [0.29, 0.717) is 9.79 Å². The highest BCUT2D eigenvalue weighted by atomic mass is 35.5. The van der Waals surface area contributed by atoms with Crippen LogP contribution in [0.1, 0.15) is 12.5 Å². The van der Waals surface area contributed by atoms with Crippen LogP contribution in [0, 0.1) is 4.77 Å². The van der Waals surface area contributed by atoms with Gasteiger partial charge in [0.05, 0.1) is 11.0 Å². The van der Waals surface area contributed by atoms with Gasteiger partial charge in [-0.15, -0.1) is 0 Å². The van der Waals surface area contributed by atoms with Crippen molar-refractivity contribution in [3.8, 4) is 0 Å². The van der Waals surface area contributed by atoms with Crippen LogP contribution in [0.2, 0.25) is 5.02 Å². The van der Waals surface area contributed by atoms with Crippen LogP contribution in [0.25, 0.3) is 11.0 Å². The molecule has 1 aliphatic heterocycles. The molecule has 0 bridgehead atoms. The maximum absolute atomic E-state index is 12.1. The lowest BCUT2D eigenvalue weighted by Crippen LogP contribution is -2.24. The lowest BCUT2D eigenvalue weighted by atomic mass is 10.2. The van der Waals surface area contributed by atoms with Gasteiger partial charge in [0.15, 0.2) is 4.77 Å². The minimum Gasteiger partial charge on any atom is -0.344 e. The van der Waals surface area contributed by atoms with Crippen LogP contribution in [0.15, 0.2) is 18.2 Å². The van der Waals surface area contributed by atoms with Crippen molar-refractivity contribution in [2.75, 3.05) is 13.6 Å². The molecule has 1 fully saturated rings. The number of likely N-dealkylation sites (tertiary alicyclic amines) is 1. The third kappa shape index (κ3) is 1.66. The number of halogens is 1. The number of aromatic amines is 1. The fraction of sp³-hybridized carbons (Fsp3) is 0.333. The van der Waals surface area contributed by atoms with Gasteiger partial charge in [-0.2, -0.15) is 0 Å². The Balaban J connectivity index is 2.22. The highest BCUT2D eigenvalue weighted by Gasteiger charge is 2.31. The second kappa shape index (κ2) is 4.10. The summed E-state index contributed by atoms with van der Waals surface area (Å²) < 4.78 is 2.45. The summed E-state index contributed by atoms with van der Waals surface area (Å²) >= 11 is 11.3. The van der Waals surface area contributed by atoms with Crippen molar-refractivity contribution in [1.82, 2.24) is 14.5 Å². The Bertz CT molecular complexity index is 690. The first kappa shape index (κ1) is 11.7. The second-order valence-electron chi connectivity index (χ2n) is 4.53. The first-order valence-corrected chi connectivity index (χ1v) is 6.51.